The maximum absolute atomic E-state index is 12.8. The first-order chi connectivity index (χ1) is 16.7. The van der Waals surface area contributed by atoms with Crippen LogP contribution in [-0.2, 0) is 17.4 Å². The van der Waals surface area contributed by atoms with Crippen molar-refractivity contribution in [1.29, 1.82) is 0 Å². The van der Waals surface area contributed by atoms with Crippen molar-refractivity contribution in [1.82, 2.24) is 19.9 Å². The van der Waals surface area contributed by atoms with Crippen LogP contribution in [0.1, 0.15) is 22.6 Å². The lowest BCUT2D eigenvalue weighted by molar-refractivity contribution is -0.137. The molecule has 7 nitrogen and oxygen atoms in total. The molecule has 0 saturated heterocycles. The van der Waals surface area contributed by atoms with Crippen LogP contribution in [-0.4, -0.2) is 25.8 Å². The zero-order valence-corrected chi connectivity index (χ0v) is 18.8. The Labute approximate surface area is 197 Å². The molecule has 10 heteroatoms. The Balaban J connectivity index is 1.38. The van der Waals surface area contributed by atoms with Gasteiger partial charge in [-0.2, -0.15) is 18.3 Å². The molecule has 2 aromatic carbocycles. The third-order valence-corrected chi connectivity index (χ3v) is 5.85. The molecule has 1 amide bonds. The molecule has 0 aliphatic carbocycles. The Hall–Kier alpha value is -4.34. The van der Waals surface area contributed by atoms with Gasteiger partial charge in [-0.1, -0.05) is 11.2 Å². The van der Waals surface area contributed by atoms with Crippen LogP contribution in [0.5, 0.6) is 0 Å². The topological polar surface area (TPSA) is 88.7 Å². The van der Waals surface area contributed by atoms with Gasteiger partial charge in [-0.05, 0) is 55.8 Å². The number of aryl methyl sites for hydroxylation is 2. The molecular formula is C25H20F3N5O2. The number of nitrogens with zero attached hydrogens (tertiary/aromatic N) is 3. The van der Waals surface area contributed by atoms with Crippen LogP contribution in [0.15, 0.2) is 65.6 Å². The Morgan fingerprint density at radius 1 is 1.11 bits per heavy atom. The summed E-state index contributed by atoms with van der Waals surface area (Å²) in [6, 6.07) is 10.5. The normalized spacial score (nSPS) is 11.8. The number of benzene rings is 2. The minimum Gasteiger partial charge on any atom is -0.361 e. The van der Waals surface area contributed by atoms with Gasteiger partial charge in [0.2, 0.25) is 5.91 Å². The van der Waals surface area contributed by atoms with E-state index in [0.29, 0.717) is 22.8 Å². The molecule has 0 spiro atoms. The number of rotatable bonds is 5. The van der Waals surface area contributed by atoms with Crippen LogP contribution in [0.4, 0.5) is 18.9 Å². The highest BCUT2D eigenvalue weighted by Crippen LogP contribution is 2.31. The smallest absolute Gasteiger partial charge is 0.361 e. The van der Waals surface area contributed by atoms with Gasteiger partial charge in [0.05, 0.1) is 35.2 Å². The minimum absolute atomic E-state index is 0.146. The number of carbonyl (C=O) groups excluding carboxylic acids is 1. The zero-order chi connectivity index (χ0) is 24.7. The number of alkyl halides is 3. The second-order valence-corrected chi connectivity index (χ2v) is 8.21. The average Bonchev–Trinajstić information content (AvgIpc) is 3.55. The molecule has 0 fully saturated rings. The summed E-state index contributed by atoms with van der Waals surface area (Å²) in [7, 11) is 0. The fourth-order valence-electron chi connectivity index (χ4n) is 3.93. The summed E-state index contributed by atoms with van der Waals surface area (Å²) >= 11 is 0. The van der Waals surface area contributed by atoms with Gasteiger partial charge in [0, 0.05) is 34.4 Å². The maximum Gasteiger partial charge on any atom is 0.416 e. The van der Waals surface area contributed by atoms with Gasteiger partial charge < -0.3 is 14.8 Å². The van der Waals surface area contributed by atoms with E-state index in [0.717, 1.165) is 39.7 Å². The summed E-state index contributed by atoms with van der Waals surface area (Å²) in [6.45, 7) is 3.56. The number of H-pyrrole nitrogens is 1. The standard InChI is InChI=1S/C25H20F3N5O2/c1-14-20(15(2)35-32-14)10-24(34)31-23-12-29-22-8-3-16(9-21(22)23)17-11-30-33(13-17)19-6-4-18(5-7-19)25(26,27)28/h3-9,11-13,29H,10H2,1-2H3,(H,31,34). The van der Waals surface area contributed by atoms with Crippen molar-refractivity contribution in [2.75, 3.05) is 5.32 Å². The van der Waals surface area contributed by atoms with Crippen LogP contribution in [0.25, 0.3) is 27.7 Å². The van der Waals surface area contributed by atoms with E-state index in [4.69, 9.17) is 4.52 Å². The molecule has 0 saturated carbocycles. The SMILES string of the molecule is Cc1noc(C)c1CC(=O)Nc1c[nH]c2ccc(-c3cnn(-c4ccc(C(F)(F)F)cc4)c3)cc12. The van der Waals surface area contributed by atoms with E-state index in [9.17, 15) is 18.0 Å². The van der Waals surface area contributed by atoms with E-state index in [1.54, 1.807) is 32.4 Å². The van der Waals surface area contributed by atoms with Gasteiger partial charge >= 0.3 is 6.18 Å². The van der Waals surface area contributed by atoms with Crippen molar-refractivity contribution in [3.63, 3.8) is 0 Å². The van der Waals surface area contributed by atoms with Crippen molar-refractivity contribution < 1.29 is 22.5 Å². The highest BCUT2D eigenvalue weighted by molar-refractivity contribution is 6.03. The fraction of sp³-hybridized carbons (Fsp3) is 0.160. The van der Waals surface area contributed by atoms with Crippen molar-refractivity contribution in [3.05, 3.63) is 83.6 Å². The van der Waals surface area contributed by atoms with Crippen molar-refractivity contribution in [2.24, 2.45) is 0 Å². The first kappa shape index (κ1) is 22.5. The molecule has 0 unspecified atom stereocenters. The van der Waals surface area contributed by atoms with E-state index >= 15 is 0 Å². The molecule has 0 atom stereocenters. The fourth-order valence-corrected chi connectivity index (χ4v) is 3.93. The molecule has 178 valence electrons. The number of aromatic nitrogens is 4. The molecule has 35 heavy (non-hydrogen) atoms. The van der Waals surface area contributed by atoms with E-state index < -0.39 is 11.7 Å². The molecule has 0 aliphatic rings. The van der Waals surface area contributed by atoms with E-state index in [2.05, 4.69) is 20.6 Å². The van der Waals surface area contributed by atoms with E-state index in [-0.39, 0.29) is 12.3 Å². The van der Waals surface area contributed by atoms with E-state index in [1.807, 2.05) is 18.2 Å². The third kappa shape index (κ3) is 4.42. The van der Waals surface area contributed by atoms with Crippen LogP contribution < -0.4 is 5.32 Å². The van der Waals surface area contributed by atoms with Crippen molar-refractivity contribution >= 4 is 22.5 Å². The zero-order valence-electron chi connectivity index (χ0n) is 18.8. The largest absolute Gasteiger partial charge is 0.416 e. The first-order valence-corrected chi connectivity index (χ1v) is 10.7. The monoisotopic (exact) mass is 479 g/mol. The summed E-state index contributed by atoms with van der Waals surface area (Å²) < 4.78 is 45.1. The van der Waals surface area contributed by atoms with Gasteiger partial charge in [0.25, 0.3) is 0 Å². The molecule has 0 aliphatic heterocycles. The molecule has 0 bridgehead atoms. The second-order valence-electron chi connectivity index (χ2n) is 8.21. The Morgan fingerprint density at radius 2 is 1.89 bits per heavy atom. The number of anilines is 1. The summed E-state index contributed by atoms with van der Waals surface area (Å²) in [5.74, 6) is 0.421. The Morgan fingerprint density at radius 3 is 2.57 bits per heavy atom. The number of hydrogen-bond donors (Lipinski definition) is 2. The molecule has 5 rings (SSSR count). The number of carbonyl (C=O) groups is 1. The number of aromatic amines is 1. The minimum atomic E-state index is -4.39. The third-order valence-electron chi connectivity index (χ3n) is 5.85. The van der Waals surface area contributed by atoms with Crippen LogP contribution in [0.2, 0.25) is 0 Å². The van der Waals surface area contributed by atoms with Gasteiger partial charge in [-0.25, -0.2) is 4.68 Å². The maximum atomic E-state index is 12.8. The molecule has 2 N–H and O–H groups in total. The lowest BCUT2D eigenvalue weighted by atomic mass is 10.1. The second kappa shape index (κ2) is 8.46. The lowest BCUT2D eigenvalue weighted by Gasteiger charge is -2.07. The van der Waals surface area contributed by atoms with Gasteiger partial charge in [-0.15, -0.1) is 0 Å². The number of fused-ring (bicyclic) bond motifs is 1. The first-order valence-electron chi connectivity index (χ1n) is 10.7. The van der Waals surface area contributed by atoms with Gasteiger partial charge in [0.15, 0.2) is 0 Å². The molecule has 0 radical (unpaired) electrons. The molecule has 3 aromatic heterocycles. The van der Waals surface area contributed by atoms with E-state index in [1.165, 1.54) is 16.8 Å². The van der Waals surface area contributed by atoms with Crippen LogP contribution in [0, 0.1) is 13.8 Å². The van der Waals surface area contributed by atoms with Crippen molar-refractivity contribution in [3.8, 4) is 16.8 Å². The molecular weight excluding hydrogens is 459 g/mol. The quantitative estimate of drug-likeness (QED) is 0.332. The number of halogens is 3. The predicted octanol–water partition coefficient (Wildman–Crippen LogP) is 5.83. The predicted molar refractivity (Wildman–Crippen MR) is 124 cm³/mol. The highest BCUT2D eigenvalue weighted by atomic mass is 19.4. The van der Waals surface area contributed by atoms with Gasteiger partial charge in [0.1, 0.15) is 5.76 Å². The average molecular weight is 479 g/mol. The van der Waals surface area contributed by atoms with Crippen molar-refractivity contribution in [2.45, 2.75) is 26.4 Å². The van der Waals surface area contributed by atoms with Crippen LogP contribution in [0.3, 0.4) is 0 Å². The summed E-state index contributed by atoms with van der Waals surface area (Å²) in [6.07, 6.45) is 0.867. The summed E-state index contributed by atoms with van der Waals surface area (Å²) in [5.41, 5.74) is 4.35. The summed E-state index contributed by atoms with van der Waals surface area (Å²) in [5, 5.41) is 11.9. The Bertz CT molecular complexity index is 1510. The number of hydrogen-bond acceptors (Lipinski definition) is 4. The summed E-state index contributed by atoms with van der Waals surface area (Å²) in [4.78, 5) is 15.8. The number of amides is 1. The number of nitrogens with one attached hydrogen (secondary N) is 2. The highest BCUT2D eigenvalue weighted by Gasteiger charge is 2.30. The van der Waals surface area contributed by atoms with Gasteiger partial charge in [-0.3, -0.25) is 4.79 Å². The van der Waals surface area contributed by atoms with Crippen LogP contribution >= 0.6 is 0 Å². The Kier molecular flexibility index (Phi) is 5.43. The molecule has 3 heterocycles. The molecule has 5 aromatic rings. The lowest BCUT2D eigenvalue weighted by Crippen LogP contribution is -2.14.